The molecule has 28 heavy (non-hydrogen) atoms. The van der Waals surface area contributed by atoms with Crippen LogP contribution in [0.3, 0.4) is 0 Å². The summed E-state index contributed by atoms with van der Waals surface area (Å²) in [7, 11) is 0. The van der Waals surface area contributed by atoms with Crippen molar-refractivity contribution in [3.05, 3.63) is 72.3 Å². The number of hydrogen-bond donors (Lipinski definition) is 1. The fourth-order valence-electron chi connectivity index (χ4n) is 3.72. The molecule has 3 aromatic rings. The number of carbonyl (C=O) groups is 1. The molecule has 1 heterocycles. The van der Waals surface area contributed by atoms with Gasteiger partial charge in [0.2, 0.25) is 0 Å². The highest BCUT2D eigenvalue weighted by molar-refractivity contribution is 5.84. The minimum Gasteiger partial charge on any atom is -0.487 e. The predicted molar refractivity (Wildman–Crippen MR) is 111 cm³/mol. The van der Waals surface area contributed by atoms with E-state index in [4.69, 9.17) is 9.47 Å². The van der Waals surface area contributed by atoms with Crippen LogP contribution in [-0.4, -0.2) is 17.6 Å². The van der Waals surface area contributed by atoms with E-state index in [0.29, 0.717) is 12.2 Å². The van der Waals surface area contributed by atoms with Gasteiger partial charge in [-0.3, -0.25) is 4.79 Å². The number of nitrogens with one attached hydrogen (secondary N) is 1. The second kappa shape index (κ2) is 7.19. The number of para-hydroxylation sites is 1. The predicted octanol–water partition coefficient (Wildman–Crippen LogP) is 5.03. The maximum absolute atomic E-state index is 12.8. The minimum absolute atomic E-state index is 0.102. The van der Waals surface area contributed by atoms with E-state index in [2.05, 4.69) is 11.4 Å². The van der Waals surface area contributed by atoms with Gasteiger partial charge >= 0.3 is 0 Å². The molecule has 4 nitrogen and oxygen atoms in total. The molecule has 0 saturated heterocycles. The molecule has 0 bridgehead atoms. The van der Waals surface area contributed by atoms with Gasteiger partial charge in [-0.05, 0) is 49.7 Å². The Morgan fingerprint density at radius 1 is 1.07 bits per heavy atom. The molecule has 0 aliphatic carbocycles. The van der Waals surface area contributed by atoms with E-state index >= 15 is 0 Å². The zero-order chi connectivity index (χ0) is 19.7. The van der Waals surface area contributed by atoms with Gasteiger partial charge in [0.25, 0.3) is 5.91 Å². The van der Waals surface area contributed by atoms with Gasteiger partial charge in [0.1, 0.15) is 17.1 Å². The number of benzene rings is 3. The molecule has 0 aromatic heterocycles. The van der Waals surface area contributed by atoms with Crippen LogP contribution in [0.1, 0.15) is 38.8 Å². The Hall–Kier alpha value is -3.01. The summed E-state index contributed by atoms with van der Waals surface area (Å²) in [6.45, 7) is 5.86. The first-order valence-corrected chi connectivity index (χ1v) is 9.65. The van der Waals surface area contributed by atoms with E-state index in [1.54, 1.807) is 6.92 Å². The SMILES string of the molecule is CC(Oc1ccc2ccccc2c1)C(=O)NC1CC(C)(C)Oc2ccccc21. The molecular formula is C24H25NO3. The Morgan fingerprint density at radius 3 is 2.61 bits per heavy atom. The highest BCUT2D eigenvalue weighted by Gasteiger charge is 2.35. The minimum atomic E-state index is -0.598. The van der Waals surface area contributed by atoms with Crippen LogP contribution in [0.2, 0.25) is 0 Å². The lowest BCUT2D eigenvalue weighted by Crippen LogP contribution is -2.44. The molecule has 0 radical (unpaired) electrons. The van der Waals surface area contributed by atoms with Crippen molar-refractivity contribution in [2.24, 2.45) is 0 Å². The van der Waals surface area contributed by atoms with Gasteiger partial charge < -0.3 is 14.8 Å². The monoisotopic (exact) mass is 375 g/mol. The van der Waals surface area contributed by atoms with Gasteiger partial charge in [-0.2, -0.15) is 0 Å². The van der Waals surface area contributed by atoms with Gasteiger partial charge in [-0.1, -0.05) is 48.5 Å². The number of rotatable bonds is 4. The van der Waals surface area contributed by atoms with Crippen LogP contribution >= 0.6 is 0 Å². The summed E-state index contributed by atoms with van der Waals surface area (Å²) in [5.74, 6) is 1.38. The smallest absolute Gasteiger partial charge is 0.261 e. The van der Waals surface area contributed by atoms with Gasteiger partial charge in [0, 0.05) is 12.0 Å². The topological polar surface area (TPSA) is 47.6 Å². The lowest BCUT2D eigenvalue weighted by molar-refractivity contribution is -0.128. The van der Waals surface area contributed by atoms with Crippen LogP contribution in [0, 0.1) is 0 Å². The molecule has 0 spiro atoms. The second-order valence-corrected chi connectivity index (χ2v) is 7.93. The molecule has 2 unspecified atom stereocenters. The number of carbonyl (C=O) groups excluding carboxylic acids is 1. The second-order valence-electron chi connectivity index (χ2n) is 7.93. The molecule has 2 atom stereocenters. The van der Waals surface area contributed by atoms with E-state index in [1.807, 2.05) is 74.5 Å². The Kier molecular flexibility index (Phi) is 4.71. The Bertz CT molecular complexity index is 1010. The van der Waals surface area contributed by atoms with Crippen molar-refractivity contribution in [2.45, 2.75) is 44.9 Å². The quantitative estimate of drug-likeness (QED) is 0.696. The largest absolute Gasteiger partial charge is 0.487 e. The number of fused-ring (bicyclic) bond motifs is 2. The Labute approximate surface area is 165 Å². The Balaban J connectivity index is 1.48. The average molecular weight is 375 g/mol. The standard InChI is InChI=1S/C24H25NO3/c1-16(27-19-13-12-17-8-4-5-9-18(17)14-19)23(26)25-21-15-24(2,3)28-22-11-7-6-10-20(21)22/h4-14,16,21H,15H2,1-3H3,(H,25,26). The molecule has 1 aliphatic heterocycles. The van der Waals surface area contributed by atoms with E-state index in [9.17, 15) is 4.79 Å². The molecule has 1 N–H and O–H groups in total. The summed E-state index contributed by atoms with van der Waals surface area (Å²) in [4.78, 5) is 12.8. The molecule has 0 saturated carbocycles. The lowest BCUT2D eigenvalue weighted by Gasteiger charge is -2.38. The molecule has 0 fully saturated rings. The van der Waals surface area contributed by atoms with Gasteiger partial charge in [-0.25, -0.2) is 0 Å². The summed E-state index contributed by atoms with van der Waals surface area (Å²) >= 11 is 0. The zero-order valence-corrected chi connectivity index (χ0v) is 16.4. The highest BCUT2D eigenvalue weighted by Crippen LogP contribution is 2.39. The molecule has 4 heteroatoms. The Morgan fingerprint density at radius 2 is 1.79 bits per heavy atom. The van der Waals surface area contributed by atoms with Gasteiger partial charge in [0.15, 0.2) is 6.10 Å². The van der Waals surface area contributed by atoms with Crippen molar-refractivity contribution in [1.29, 1.82) is 0 Å². The van der Waals surface area contributed by atoms with Crippen molar-refractivity contribution in [1.82, 2.24) is 5.32 Å². The fraction of sp³-hybridized carbons (Fsp3) is 0.292. The third-order valence-corrected chi connectivity index (χ3v) is 5.10. The zero-order valence-electron chi connectivity index (χ0n) is 16.4. The number of hydrogen-bond acceptors (Lipinski definition) is 3. The lowest BCUT2D eigenvalue weighted by atomic mass is 9.89. The molecule has 4 rings (SSSR count). The van der Waals surface area contributed by atoms with Crippen LogP contribution in [0.4, 0.5) is 0 Å². The first-order valence-electron chi connectivity index (χ1n) is 9.65. The maximum atomic E-state index is 12.8. The first kappa shape index (κ1) is 18.4. The van der Waals surface area contributed by atoms with Crippen molar-refractivity contribution in [2.75, 3.05) is 0 Å². The van der Waals surface area contributed by atoms with E-state index < -0.39 is 6.10 Å². The number of amides is 1. The van der Waals surface area contributed by atoms with E-state index in [-0.39, 0.29) is 17.6 Å². The third kappa shape index (κ3) is 3.81. The summed E-state index contributed by atoms with van der Waals surface area (Å²) in [5.41, 5.74) is 0.669. The third-order valence-electron chi connectivity index (χ3n) is 5.10. The van der Waals surface area contributed by atoms with E-state index in [0.717, 1.165) is 22.1 Å². The first-order chi connectivity index (χ1) is 13.4. The van der Waals surface area contributed by atoms with Crippen LogP contribution in [0.25, 0.3) is 10.8 Å². The van der Waals surface area contributed by atoms with Crippen LogP contribution < -0.4 is 14.8 Å². The number of ether oxygens (including phenoxy) is 2. The maximum Gasteiger partial charge on any atom is 0.261 e. The average Bonchev–Trinajstić information content (AvgIpc) is 2.67. The summed E-state index contributed by atoms with van der Waals surface area (Å²) < 4.78 is 12.0. The fourth-order valence-corrected chi connectivity index (χ4v) is 3.72. The molecule has 1 aliphatic rings. The van der Waals surface area contributed by atoms with Crippen LogP contribution in [0.5, 0.6) is 11.5 Å². The molecular weight excluding hydrogens is 350 g/mol. The van der Waals surface area contributed by atoms with Crippen molar-refractivity contribution in [3.63, 3.8) is 0 Å². The summed E-state index contributed by atoms with van der Waals surface area (Å²) in [6.07, 6.45) is 0.109. The summed E-state index contributed by atoms with van der Waals surface area (Å²) in [5, 5.41) is 5.38. The molecule has 144 valence electrons. The molecule has 1 amide bonds. The molecule has 3 aromatic carbocycles. The summed E-state index contributed by atoms with van der Waals surface area (Å²) in [6, 6.07) is 21.7. The van der Waals surface area contributed by atoms with Crippen LogP contribution in [0.15, 0.2) is 66.7 Å². The van der Waals surface area contributed by atoms with Crippen molar-refractivity contribution < 1.29 is 14.3 Å². The van der Waals surface area contributed by atoms with Gasteiger partial charge in [-0.15, -0.1) is 0 Å². The highest BCUT2D eigenvalue weighted by atomic mass is 16.5. The van der Waals surface area contributed by atoms with Crippen LogP contribution in [-0.2, 0) is 4.79 Å². The van der Waals surface area contributed by atoms with E-state index in [1.165, 1.54) is 0 Å². The van der Waals surface area contributed by atoms with Crippen molar-refractivity contribution in [3.8, 4) is 11.5 Å². The van der Waals surface area contributed by atoms with Crippen molar-refractivity contribution >= 4 is 16.7 Å². The van der Waals surface area contributed by atoms with Gasteiger partial charge in [0.05, 0.1) is 6.04 Å². The normalized spacial score (nSPS) is 18.6.